The molecule has 0 saturated carbocycles. The molecule has 84 valence electrons. The van der Waals surface area contributed by atoms with Crippen molar-refractivity contribution >= 4 is 11.0 Å². The third-order valence-electron chi connectivity index (χ3n) is 2.96. The molecule has 0 radical (unpaired) electrons. The summed E-state index contributed by atoms with van der Waals surface area (Å²) in [7, 11) is 0. The average Bonchev–Trinajstić information content (AvgIpc) is 2.28. The summed E-state index contributed by atoms with van der Waals surface area (Å²) in [5.41, 5.74) is 0.705. The van der Waals surface area contributed by atoms with Crippen molar-refractivity contribution in [1.29, 1.82) is 0 Å². The Kier molecular flexibility index (Phi) is 2.73. The van der Waals surface area contributed by atoms with Crippen LogP contribution in [0.5, 0.6) is 0 Å². The molecule has 2 aromatic heterocycles. The summed E-state index contributed by atoms with van der Waals surface area (Å²) in [4.78, 5) is 20.0. The van der Waals surface area contributed by atoms with E-state index in [1.165, 1.54) is 6.33 Å². The van der Waals surface area contributed by atoms with E-state index in [4.69, 9.17) is 0 Å². The number of rotatable bonds is 2. The lowest BCUT2D eigenvalue weighted by molar-refractivity contribution is 0.407. The molecule has 0 aliphatic carbocycles. The molecule has 2 aromatic rings. The van der Waals surface area contributed by atoms with Crippen LogP contribution in [0.25, 0.3) is 11.0 Å². The van der Waals surface area contributed by atoms with Crippen molar-refractivity contribution in [2.24, 2.45) is 5.92 Å². The molecule has 1 atom stereocenters. The van der Waals surface area contributed by atoms with Crippen molar-refractivity contribution in [3.05, 3.63) is 35.0 Å². The van der Waals surface area contributed by atoms with Crippen molar-refractivity contribution in [3.8, 4) is 0 Å². The first kappa shape index (κ1) is 10.8. The Labute approximate surface area is 94.0 Å². The Morgan fingerprint density at radius 1 is 1.25 bits per heavy atom. The Morgan fingerprint density at radius 2 is 2.00 bits per heavy atom. The standard InChI is InChI=1S/C12H15N3O/c1-8(2)9(3)15-11(16)5-4-10-6-13-7-14-12(10)15/h4-9H,1-3H3/t9-/m0/s1. The Morgan fingerprint density at radius 3 is 2.69 bits per heavy atom. The first-order valence-corrected chi connectivity index (χ1v) is 5.42. The van der Waals surface area contributed by atoms with Crippen molar-refractivity contribution in [2.45, 2.75) is 26.8 Å². The number of fused-ring (bicyclic) bond motifs is 1. The molecule has 0 fully saturated rings. The highest BCUT2D eigenvalue weighted by atomic mass is 16.1. The predicted octanol–water partition coefficient (Wildman–Crippen LogP) is 2.01. The van der Waals surface area contributed by atoms with Crippen LogP contribution < -0.4 is 5.56 Å². The summed E-state index contributed by atoms with van der Waals surface area (Å²) in [5, 5.41) is 0.898. The van der Waals surface area contributed by atoms with Crippen LogP contribution in [-0.4, -0.2) is 14.5 Å². The summed E-state index contributed by atoms with van der Waals surface area (Å²) >= 11 is 0. The Balaban J connectivity index is 2.75. The van der Waals surface area contributed by atoms with Gasteiger partial charge in [-0.1, -0.05) is 13.8 Å². The number of nitrogens with zero attached hydrogens (tertiary/aromatic N) is 3. The van der Waals surface area contributed by atoms with Crippen molar-refractivity contribution in [3.63, 3.8) is 0 Å². The quantitative estimate of drug-likeness (QED) is 0.773. The van der Waals surface area contributed by atoms with Crippen LogP contribution in [0.1, 0.15) is 26.8 Å². The summed E-state index contributed by atoms with van der Waals surface area (Å²) in [6.45, 7) is 6.22. The molecule has 0 bridgehead atoms. The monoisotopic (exact) mass is 217 g/mol. The fourth-order valence-corrected chi connectivity index (χ4v) is 1.69. The lowest BCUT2D eigenvalue weighted by atomic mass is 10.1. The van der Waals surface area contributed by atoms with Gasteiger partial charge in [-0.15, -0.1) is 0 Å². The topological polar surface area (TPSA) is 47.8 Å². The van der Waals surface area contributed by atoms with Gasteiger partial charge >= 0.3 is 0 Å². The maximum atomic E-state index is 11.9. The van der Waals surface area contributed by atoms with Crippen LogP contribution in [0.4, 0.5) is 0 Å². The maximum absolute atomic E-state index is 11.9. The van der Waals surface area contributed by atoms with Gasteiger partial charge < -0.3 is 0 Å². The number of pyridine rings is 1. The van der Waals surface area contributed by atoms with Gasteiger partial charge in [0.1, 0.15) is 12.0 Å². The van der Waals surface area contributed by atoms with Crippen LogP contribution in [0.3, 0.4) is 0 Å². The van der Waals surface area contributed by atoms with Crippen molar-refractivity contribution in [1.82, 2.24) is 14.5 Å². The molecule has 16 heavy (non-hydrogen) atoms. The van der Waals surface area contributed by atoms with E-state index in [1.807, 2.05) is 6.92 Å². The lowest BCUT2D eigenvalue weighted by Gasteiger charge is -2.19. The van der Waals surface area contributed by atoms with E-state index in [0.29, 0.717) is 11.6 Å². The van der Waals surface area contributed by atoms with Crippen LogP contribution >= 0.6 is 0 Å². The molecule has 0 spiro atoms. The smallest absolute Gasteiger partial charge is 0.252 e. The second kappa shape index (κ2) is 4.04. The van der Waals surface area contributed by atoms with Gasteiger partial charge in [0.15, 0.2) is 0 Å². The Bertz CT molecular complexity index is 559. The normalized spacial score (nSPS) is 13.2. The first-order chi connectivity index (χ1) is 7.61. The van der Waals surface area contributed by atoms with E-state index in [2.05, 4.69) is 23.8 Å². The summed E-state index contributed by atoms with van der Waals surface area (Å²) < 4.78 is 1.74. The fraction of sp³-hybridized carbons (Fsp3) is 0.417. The first-order valence-electron chi connectivity index (χ1n) is 5.42. The van der Waals surface area contributed by atoms with Gasteiger partial charge in [-0.2, -0.15) is 0 Å². The molecule has 0 amide bonds. The van der Waals surface area contributed by atoms with E-state index in [1.54, 1.807) is 22.9 Å². The maximum Gasteiger partial charge on any atom is 0.252 e. The minimum absolute atomic E-state index is 0.00704. The third-order valence-corrected chi connectivity index (χ3v) is 2.96. The molecule has 4 nitrogen and oxygen atoms in total. The lowest BCUT2D eigenvalue weighted by Crippen LogP contribution is -2.26. The molecule has 0 N–H and O–H groups in total. The number of hydrogen-bond donors (Lipinski definition) is 0. The zero-order valence-corrected chi connectivity index (χ0v) is 9.71. The van der Waals surface area contributed by atoms with E-state index in [9.17, 15) is 4.79 Å². The highest BCUT2D eigenvalue weighted by Gasteiger charge is 2.14. The highest BCUT2D eigenvalue weighted by molar-refractivity contribution is 5.73. The molecule has 0 aliphatic heterocycles. The predicted molar refractivity (Wildman–Crippen MR) is 63.3 cm³/mol. The van der Waals surface area contributed by atoms with Gasteiger partial charge in [0.2, 0.25) is 0 Å². The molecular formula is C12H15N3O. The van der Waals surface area contributed by atoms with Gasteiger partial charge in [-0.25, -0.2) is 9.97 Å². The van der Waals surface area contributed by atoms with Crippen LogP contribution in [0, 0.1) is 5.92 Å². The SMILES string of the molecule is CC(C)[C@H](C)n1c(=O)ccc2cncnc21. The van der Waals surface area contributed by atoms with Gasteiger partial charge in [-0.3, -0.25) is 9.36 Å². The average molecular weight is 217 g/mol. The molecule has 4 heteroatoms. The summed E-state index contributed by atoms with van der Waals surface area (Å²) in [6.07, 6.45) is 3.20. The van der Waals surface area contributed by atoms with E-state index < -0.39 is 0 Å². The third kappa shape index (κ3) is 1.71. The minimum Gasteiger partial charge on any atom is -0.290 e. The molecule has 2 heterocycles. The van der Waals surface area contributed by atoms with E-state index in [0.717, 1.165) is 5.39 Å². The van der Waals surface area contributed by atoms with Gasteiger partial charge in [0.05, 0.1) is 0 Å². The van der Waals surface area contributed by atoms with Crippen LogP contribution in [0.15, 0.2) is 29.5 Å². The van der Waals surface area contributed by atoms with Crippen LogP contribution in [-0.2, 0) is 0 Å². The van der Waals surface area contributed by atoms with Crippen molar-refractivity contribution < 1.29 is 0 Å². The Hall–Kier alpha value is -1.71. The molecule has 0 aliphatic rings. The minimum atomic E-state index is -0.00704. The van der Waals surface area contributed by atoms with Crippen LogP contribution in [0.2, 0.25) is 0 Å². The highest BCUT2D eigenvalue weighted by Crippen LogP contribution is 2.18. The number of hydrogen-bond acceptors (Lipinski definition) is 3. The molecule has 2 rings (SSSR count). The molecule has 0 unspecified atom stereocenters. The zero-order valence-electron chi connectivity index (χ0n) is 9.71. The van der Waals surface area contributed by atoms with E-state index >= 15 is 0 Å². The fourth-order valence-electron chi connectivity index (χ4n) is 1.69. The molecule has 0 saturated heterocycles. The van der Waals surface area contributed by atoms with Gasteiger partial charge in [0, 0.05) is 23.7 Å². The summed E-state index contributed by atoms with van der Waals surface area (Å²) in [5.74, 6) is 0.387. The number of aromatic nitrogens is 3. The largest absolute Gasteiger partial charge is 0.290 e. The van der Waals surface area contributed by atoms with Gasteiger partial charge in [-0.05, 0) is 18.9 Å². The molecular weight excluding hydrogens is 202 g/mol. The van der Waals surface area contributed by atoms with Gasteiger partial charge in [0.25, 0.3) is 5.56 Å². The van der Waals surface area contributed by atoms with Crippen molar-refractivity contribution in [2.75, 3.05) is 0 Å². The second-order valence-corrected chi connectivity index (χ2v) is 4.33. The zero-order chi connectivity index (χ0) is 11.7. The molecule has 0 aromatic carbocycles. The van der Waals surface area contributed by atoms with E-state index in [-0.39, 0.29) is 11.6 Å². The summed E-state index contributed by atoms with van der Waals surface area (Å²) in [6, 6.07) is 3.47. The second-order valence-electron chi connectivity index (χ2n) is 4.33.